The quantitative estimate of drug-likeness (QED) is 0.853. The van der Waals surface area contributed by atoms with Gasteiger partial charge in [0.25, 0.3) is 5.91 Å². The number of benzene rings is 2. The zero-order valence-electron chi connectivity index (χ0n) is 10.5. The number of halogens is 2. The zero-order chi connectivity index (χ0) is 14.7. The third-order valence-electron chi connectivity index (χ3n) is 2.62. The van der Waals surface area contributed by atoms with E-state index in [-0.39, 0.29) is 22.0 Å². The molecule has 0 atom stereocenters. The molecule has 20 heavy (non-hydrogen) atoms. The van der Waals surface area contributed by atoms with Gasteiger partial charge in [-0.3, -0.25) is 4.79 Å². The van der Waals surface area contributed by atoms with E-state index in [1.807, 2.05) is 0 Å². The second-order valence-corrected chi connectivity index (χ2v) is 4.40. The molecule has 2 aromatic rings. The van der Waals surface area contributed by atoms with Crippen LogP contribution in [0.5, 0.6) is 11.5 Å². The van der Waals surface area contributed by atoms with Gasteiger partial charge in [0.2, 0.25) is 0 Å². The Bertz CT molecular complexity index is 661. The number of ether oxygens (including phenoxy) is 1. The van der Waals surface area contributed by atoms with Gasteiger partial charge in [0.05, 0.1) is 18.4 Å². The number of rotatable bonds is 3. The van der Waals surface area contributed by atoms with Gasteiger partial charge in [0.1, 0.15) is 17.3 Å². The fourth-order valence-corrected chi connectivity index (χ4v) is 1.78. The van der Waals surface area contributed by atoms with Crippen molar-refractivity contribution < 1.29 is 19.0 Å². The topological polar surface area (TPSA) is 58.6 Å². The molecule has 0 aliphatic rings. The van der Waals surface area contributed by atoms with Gasteiger partial charge < -0.3 is 15.2 Å². The van der Waals surface area contributed by atoms with Crippen LogP contribution in [0, 0.1) is 5.82 Å². The molecule has 104 valence electrons. The van der Waals surface area contributed by atoms with Crippen LogP contribution in [0.15, 0.2) is 36.4 Å². The van der Waals surface area contributed by atoms with Crippen LogP contribution in [-0.2, 0) is 0 Å². The van der Waals surface area contributed by atoms with E-state index in [4.69, 9.17) is 16.3 Å². The molecule has 0 aliphatic heterocycles. The molecule has 0 radical (unpaired) electrons. The fourth-order valence-electron chi connectivity index (χ4n) is 1.60. The van der Waals surface area contributed by atoms with Crippen molar-refractivity contribution in [3.8, 4) is 11.5 Å². The number of methoxy groups -OCH3 is 1. The maximum absolute atomic E-state index is 13.6. The van der Waals surface area contributed by atoms with Gasteiger partial charge in [-0.1, -0.05) is 11.6 Å². The van der Waals surface area contributed by atoms with E-state index in [1.165, 1.54) is 37.4 Å². The molecule has 2 rings (SSSR count). The molecule has 0 saturated heterocycles. The minimum absolute atomic E-state index is 0.119. The molecular weight excluding hydrogens is 285 g/mol. The predicted molar refractivity (Wildman–Crippen MR) is 74.0 cm³/mol. The second-order valence-electron chi connectivity index (χ2n) is 3.96. The Morgan fingerprint density at radius 1 is 1.30 bits per heavy atom. The van der Waals surface area contributed by atoms with E-state index in [9.17, 15) is 14.3 Å². The lowest BCUT2D eigenvalue weighted by molar-refractivity contribution is 0.102. The Morgan fingerprint density at radius 3 is 2.75 bits per heavy atom. The summed E-state index contributed by atoms with van der Waals surface area (Å²) in [5, 5.41) is 12.3. The molecule has 0 fully saturated rings. The van der Waals surface area contributed by atoms with Crippen LogP contribution in [0.1, 0.15) is 10.4 Å². The third kappa shape index (κ3) is 3.00. The average molecular weight is 296 g/mol. The van der Waals surface area contributed by atoms with Gasteiger partial charge in [-0.05, 0) is 30.3 Å². The van der Waals surface area contributed by atoms with Gasteiger partial charge in [-0.2, -0.15) is 0 Å². The number of carbonyl (C=O) groups is 1. The molecule has 4 nitrogen and oxygen atoms in total. The number of amides is 1. The fraction of sp³-hybridized carbons (Fsp3) is 0.0714. The third-order valence-corrected chi connectivity index (χ3v) is 2.86. The standard InChI is InChI=1S/C14H11ClFNO3/c1-20-9-3-5-13(18)12(7-9)17-14(19)10-6-8(15)2-4-11(10)16/h2-7,18H,1H3,(H,17,19). The van der Waals surface area contributed by atoms with Crippen LogP contribution >= 0.6 is 11.6 Å². The van der Waals surface area contributed by atoms with E-state index in [0.717, 1.165) is 6.07 Å². The van der Waals surface area contributed by atoms with Crippen molar-refractivity contribution in [2.75, 3.05) is 12.4 Å². The Morgan fingerprint density at radius 2 is 2.05 bits per heavy atom. The van der Waals surface area contributed by atoms with E-state index in [2.05, 4.69) is 5.32 Å². The molecule has 0 aromatic heterocycles. The molecule has 0 unspecified atom stereocenters. The Kier molecular flexibility index (Phi) is 4.10. The highest BCUT2D eigenvalue weighted by atomic mass is 35.5. The summed E-state index contributed by atoms with van der Waals surface area (Å²) < 4.78 is 18.5. The summed E-state index contributed by atoms with van der Waals surface area (Å²) in [6.07, 6.45) is 0. The monoisotopic (exact) mass is 295 g/mol. The number of phenols is 1. The maximum Gasteiger partial charge on any atom is 0.258 e. The number of nitrogens with one attached hydrogen (secondary N) is 1. The number of anilines is 1. The SMILES string of the molecule is COc1ccc(O)c(NC(=O)c2cc(Cl)ccc2F)c1. The Labute approximate surface area is 119 Å². The molecule has 0 saturated carbocycles. The van der Waals surface area contributed by atoms with Crippen LogP contribution in [0.25, 0.3) is 0 Å². The lowest BCUT2D eigenvalue weighted by Gasteiger charge is -2.09. The highest BCUT2D eigenvalue weighted by molar-refractivity contribution is 6.31. The summed E-state index contributed by atoms with van der Waals surface area (Å²) in [5.74, 6) is -1.12. The summed E-state index contributed by atoms with van der Waals surface area (Å²) in [6, 6.07) is 7.98. The summed E-state index contributed by atoms with van der Waals surface area (Å²) in [5.41, 5.74) is -0.0894. The first-order valence-electron chi connectivity index (χ1n) is 5.64. The van der Waals surface area contributed by atoms with E-state index >= 15 is 0 Å². The van der Waals surface area contributed by atoms with Gasteiger partial charge in [-0.25, -0.2) is 4.39 Å². The first kappa shape index (κ1) is 14.1. The maximum atomic E-state index is 13.6. The summed E-state index contributed by atoms with van der Waals surface area (Å²) in [4.78, 5) is 12.0. The highest BCUT2D eigenvalue weighted by Crippen LogP contribution is 2.28. The number of hydrogen-bond donors (Lipinski definition) is 2. The molecule has 1 amide bonds. The number of carbonyl (C=O) groups excluding carboxylic acids is 1. The van der Waals surface area contributed by atoms with Crippen LogP contribution < -0.4 is 10.1 Å². The zero-order valence-corrected chi connectivity index (χ0v) is 11.2. The molecular formula is C14H11ClFNO3. The van der Waals surface area contributed by atoms with Crippen LogP contribution in [0.4, 0.5) is 10.1 Å². The molecule has 2 N–H and O–H groups in total. The lowest BCUT2D eigenvalue weighted by Crippen LogP contribution is -2.14. The molecule has 0 bridgehead atoms. The normalized spacial score (nSPS) is 10.2. The van der Waals surface area contributed by atoms with Crippen LogP contribution in [0.3, 0.4) is 0 Å². The van der Waals surface area contributed by atoms with Gasteiger partial charge >= 0.3 is 0 Å². The van der Waals surface area contributed by atoms with Crippen molar-refractivity contribution in [3.63, 3.8) is 0 Å². The van der Waals surface area contributed by atoms with Crippen molar-refractivity contribution in [1.82, 2.24) is 0 Å². The molecule has 0 heterocycles. The first-order valence-corrected chi connectivity index (χ1v) is 6.02. The minimum Gasteiger partial charge on any atom is -0.506 e. The van der Waals surface area contributed by atoms with Gasteiger partial charge in [-0.15, -0.1) is 0 Å². The van der Waals surface area contributed by atoms with E-state index < -0.39 is 11.7 Å². The largest absolute Gasteiger partial charge is 0.506 e. The summed E-state index contributed by atoms with van der Waals surface area (Å²) >= 11 is 5.73. The lowest BCUT2D eigenvalue weighted by atomic mass is 10.2. The predicted octanol–water partition coefficient (Wildman–Crippen LogP) is 3.45. The van der Waals surface area contributed by atoms with Gasteiger partial charge in [0, 0.05) is 11.1 Å². The van der Waals surface area contributed by atoms with Crippen molar-refractivity contribution in [1.29, 1.82) is 0 Å². The summed E-state index contributed by atoms with van der Waals surface area (Å²) in [7, 11) is 1.45. The van der Waals surface area contributed by atoms with Crippen molar-refractivity contribution in [2.24, 2.45) is 0 Å². The number of phenolic OH excluding ortho intramolecular Hbond substituents is 1. The first-order chi connectivity index (χ1) is 9.51. The average Bonchev–Trinajstić information content (AvgIpc) is 2.43. The molecule has 2 aromatic carbocycles. The molecule has 0 aliphatic carbocycles. The minimum atomic E-state index is -0.714. The number of hydrogen-bond acceptors (Lipinski definition) is 3. The van der Waals surface area contributed by atoms with Crippen molar-refractivity contribution in [2.45, 2.75) is 0 Å². The second kappa shape index (κ2) is 5.79. The van der Waals surface area contributed by atoms with E-state index in [0.29, 0.717) is 5.75 Å². The van der Waals surface area contributed by atoms with E-state index in [1.54, 1.807) is 0 Å². The molecule has 6 heteroatoms. The number of aromatic hydroxyl groups is 1. The van der Waals surface area contributed by atoms with Crippen LogP contribution in [0.2, 0.25) is 5.02 Å². The van der Waals surface area contributed by atoms with Crippen molar-refractivity contribution >= 4 is 23.2 Å². The Balaban J connectivity index is 2.30. The Hall–Kier alpha value is -2.27. The molecule has 0 spiro atoms. The summed E-state index contributed by atoms with van der Waals surface area (Å²) in [6.45, 7) is 0. The highest BCUT2D eigenvalue weighted by Gasteiger charge is 2.14. The van der Waals surface area contributed by atoms with Crippen molar-refractivity contribution in [3.05, 3.63) is 52.8 Å². The smallest absolute Gasteiger partial charge is 0.258 e. The van der Waals surface area contributed by atoms with Crippen LogP contribution in [-0.4, -0.2) is 18.1 Å². The van der Waals surface area contributed by atoms with Gasteiger partial charge in [0.15, 0.2) is 0 Å².